The summed E-state index contributed by atoms with van der Waals surface area (Å²) in [7, 11) is 0. The van der Waals surface area contributed by atoms with Gasteiger partial charge in [-0.15, -0.1) is 0 Å². The molecule has 0 saturated carbocycles. The molecule has 2 aliphatic rings. The first-order valence-corrected chi connectivity index (χ1v) is 16.4. The van der Waals surface area contributed by atoms with Crippen molar-refractivity contribution < 1.29 is 0 Å². The lowest BCUT2D eigenvalue weighted by Crippen LogP contribution is -1.91. The molecule has 0 atom stereocenters. The van der Waals surface area contributed by atoms with E-state index in [-0.39, 0.29) is 0 Å². The number of halogens is 1. The Kier molecular flexibility index (Phi) is 8.31. The van der Waals surface area contributed by atoms with Gasteiger partial charge in [0.15, 0.2) is 0 Å². The van der Waals surface area contributed by atoms with Crippen molar-refractivity contribution in [1.82, 2.24) is 19.9 Å². The number of hydrogen-bond acceptors (Lipinski definition) is 2. The number of nitrogens with zero attached hydrogens (tertiary/aromatic N) is 2. The highest BCUT2D eigenvalue weighted by Gasteiger charge is 2.17. The van der Waals surface area contributed by atoms with Crippen LogP contribution in [-0.4, -0.2) is 19.9 Å². The largest absolute Gasteiger partial charge is 0.354 e. The highest BCUT2D eigenvalue weighted by Crippen LogP contribution is 2.34. The third kappa shape index (κ3) is 5.94. The van der Waals surface area contributed by atoms with E-state index in [9.17, 15) is 0 Å². The quantitative estimate of drug-likeness (QED) is 0.139. The zero-order chi connectivity index (χ0) is 30.6. The van der Waals surface area contributed by atoms with Crippen molar-refractivity contribution in [2.45, 2.75) is 39.0 Å². The second-order valence-electron chi connectivity index (χ2n) is 11.3. The Bertz CT molecular complexity index is 2020. The van der Waals surface area contributed by atoms with Crippen molar-refractivity contribution in [2.24, 2.45) is 0 Å². The molecule has 0 aliphatic carbocycles. The average Bonchev–Trinajstić information content (AvgIpc) is 3.90. The van der Waals surface area contributed by atoms with Gasteiger partial charge >= 0.3 is 0 Å². The molecule has 2 aliphatic heterocycles. The molecule has 0 spiro atoms. The third-order valence-electron chi connectivity index (χ3n) is 8.18. The number of H-pyrrole nitrogens is 2. The average molecular weight is 650 g/mol. The highest BCUT2D eigenvalue weighted by molar-refractivity contribution is 9.10. The predicted octanol–water partition coefficient (Wildman–Crippen LogP) is 11.1. The Balaban J connectivity index is 1.56. The summed E-state index contributed by atoms with van der Waals surface area (Å²) in [5, 5.41) is 0. The fourth-order valence-electron chi connectivity index (χ4n) is 5.91. The number of aromatic amines is 2. The lowest BCUT2D eigenvalue weighted by atomic mass is 10.0. The third-order valence-corrected chi connectivity index (χ3v) is 9.04. The number of benzene rings is 2. The molecule has 5 aromatic rings. The first kappa shape index (κ1) is 28.8. The molecular formula is C40H33BrN4. The smallest absolute Gasteiger partial charge is 0.0816 e. The maximum absolute atomic E-state index is 5.21. The van der Waals surface area contributed by atoms with Crippen LogP contribution in [0.15, 0.2) is 89.4 Å². The van der Waals surface area contributed by atoms with Crippen LogP contribution in [0, 0.1) is 11.8 Å². The monoisotopic (exact) mass is 648 g/mol. The van der Waals surface area contributed by atoms with Crippen LogP contribution in [0.4, 0.5) is 0 Å². The van der Waals surface area contributed by atoms with E-state index in [1.54, 1.807) is 0 Å². The van der Waals surface area contributed by atoms with Gasteiger partial charge in [-0.2, -0.15) is 0 Å². The predicted molar refractivity (Wildman–Crippen MR) is 193 cm³/mol. The summed E-state index contributed by atoms with van der Waals surface area (Å²) in [6.45, 7) is 2.23. The molecule has 2 aromatic carbocycles. The molecule has 0 radical (unpaired) electrons. The molecule has 0 saturated heterocycles. The zero-order valence-electron chi connectivity index (χ0n) is 25.2. The van der Waals surface area contributed by atoms with Gasteiger partial charge in [0.2, 0.25) is 0 Å². The summed E-state index contributed by atoms with van der Waals surface area (Å²) in [5.41, 5.74) is 12.5. The minimum Gasteiger partial charge on any atom is -0.354 e. The van der Waals surface area contributed by atoms with E-state index in [0.717, 1.165) is 90.0 Å². The van der Waals surface area contributed by atoms with Crippen molar-refractivity contribution in [2.75, 3.05) is 0 Å². The molecule has 0 unspecified atom stereocenters. The molecule has 220 valence electrons. The SMILES string of the molecule is CCCCCCC#Cc1c2nc(c(-c3ccccc3)c3ccc([nH]3)c(Br)c3ccc([nH]3)c(-c3ccccc3)c3nc1C=C3)C=C2. The summed E-state index contributed by atoms with van der Waals surface area (Å²) in [6.07, 6.45) is 14.0. The van der Waals surface area contributed by atoms with Gasteiger partial charge in [-0.3, -0.25) is 0 Å². The van der Waals surface area contributed by atoms with E-state index >= 15 is 0 Å². The fraction of sp³-hybridized carbons (Fsp3) is 0.150. The highest BCUT2D eigenvalue weighted by atomic mass is 79.9. The number of fused-ring (bicyclic) bond motifs is 8. The Morgan fingerprint density at radius 2 is 1.07 bits per heavy atom. The van der Waals surface area contributed by atoms with Gasteiger partial charge in [-0.05, 0) is 82.0 Å². The van der Waals surface area contributed by atoms with Gasteiger partial charge in [0.1, 0.15) is 0 Å². The van der Waals surface area contributed by atoms with E-state index in [1.165, 1.54) is 19.3 Å². The molecule has 3 aromatic heterocycles. The minimum atomic E-state index is 0.833. The normalized spacial score (nSPS) is 11.9. The van der Waals surface area contributed by atoms with Crippen LogP contribution in [0.3, 0.4) is 0 Å². The van der Waals surface area contributed by atoms with Crippen LogP contribution >= 0.6 is 15.9 Å². The van der Waals surface area contributed by atoms with Crippen molar-refractivity contribution in [3.8, 4) is 34.1 Å². The number of nitrogens with one attached hydrogen (secondary N) is 2. The lowest BCUT2D eigenvalue weighted by Gasteiger charge is -2.04. The summed E-state index contributed by atoms with van der Waals surface area (Å²) in [5.74, 6) is 6.96. The molecular weight excluding hydrogens is 616 g/mol. The van der Waals surface area contributed by atoms with Crippen LogP contribution in [0.5, 0.6) is 0 Å². The molecule has 4 nitrogen and oxygen atoms in total. The minimum absolute atomic E-state index is 0.833. The van der Waals surface area contributed by atoms with Crippen LogP contribution < -0.4 is 0 Å². The number of hydrogen-bond donors (Lipinski definition) is 2. The summed E-state index contributed by atoms with van der Waals surface area (Å²) < 4.78 is 0.948. The van der Waals surface area contributed by atoms with Gasteiger partial charge in [0, 0.05) is 28.6 Å². The molecule has 5 heterocycles. The number of unbranched alkanes of at least 4 members (excludes halogenated alkanes) is 4. The van der Waals surface area contributed by atoms with E-state index in [2.05, 4.69) is 142 Å². The summed E-state index contributed by atoms with van der Waals surface area (Å²) >= 11 is 3.89. The van der Waals surface area contributed by atoms with Crippen molar-refractivity contribution in [3.63, 3.8) is 0 Å². The van der Waals surface area contributed by atoms with Crippen molar-refractivity contribution in [1.29, 1.82) is 0 Å². The number of rotatable bonds is 6. The Morgan fingerprint density at radius 1 is 0.578 bits per heavy atom. The molecule has 2 N–H and O–H groups in total. The van der Waals surface area contributed by atoms with E-state index in [4.69, 9.17) is 9.97 Å². The van der Waals surface area contributed by atoms with Crippen molar-refractivity contribution >= 4 is 62.3 Å². The second-order valence-corrected chi connectivity index (χ2v) is 12.1. The van der Waals surface area contributed by atoms with Gasteiger partial charge in [0.05, 0.1) is 43.8 Å². The molecule has 8 bridgehead atoms. The molecule has 0 amide bonds. The summed E-state index contributed by atoms with van der Waals surface area (Å²) in [4.78, 5) is 17.8. The standard InChI is InChI=1S/C40H33BrN4/c1-2-3-4-5-6-13-18-29-30-19-21-32(42-30)38(27-14-9-7-10-15-27)34-23-25-36(44-34)40(41)37-26-24-35(45-37)39(28-16-11-8-12-17-28)33-22-20-31(29)43-33/h7-12,14-17,19-26,44-45H,2-6H2,1H3. The summed E-state index contributed by atoms with van der Waals surface area (Å²) in [6, 6.07) is 29.3. The van der Waals surface area contributed by atoms with Crippen LogP contribution in [0.1, 0.15) is 67.4 Å². The molecule has 5 heteroatoms. The Morgan fingerprint density at radius 3 is 1.58 bits per heavy atom. The lowest BCUT2D eigenvalue weighted by molar-refractivity contribution is 0.679. The zero-order valence-corrected chi connectivity index (χ0v) is 26.8. The first-order chi connectivity index (χ1) is 22.2. The Labute approximate surface area is 272 Å². The second kappa shape index (κ2) is 13.0. The van der Waals surface area contributed by atoms with Gasteiger partial charge in [-0.1, -0.05) is 98.7 Å². The first-order valence-electron chi connectivity index (χ1n) is 15.6. The van der Waals surface area contributed by atoms with Crippen LogP contribution in [-0.2, 0) is 0 Å². The molecule has 45 heavy (non-hydrogen) atoms. The molecule has 0 fully saturated rings. The van der Waals surface area contributed by atoms with E-state index < -0.39 is 0 Å². The Hall–Kier alpha value is -4.92. The van der Waals surface area contributed by atoms with Gasteiger partial charge in [0.25, 0.3) is 0 Å². The van der Waals surface area contributed by atoms with Crippen molar-refractivity contribution in [3.05, 3.63) is 118 Å². The topological polar surface area (TPSA) is 57.4 Å². The number of aromatic nitrogens is 4. The maximum Gasteiger partial charge on any atom is 0.0816 e. The maximum atomic E-state index is 5.21. The van der Waals surface area contributed by atoms with E-state index in [0.29, 0.717) is 0 Å². The van der Waals surface area contributed by atoms with Gasteiger partial charge in [-0.25, -0.2) is 9.97 Å². The fourth-order valence-corrected chi connectivity index (χ4v) is 6.37. The molecule has 7 rings (SSSR count). The van der Waals surface area contributed by atoms with Crippen LogP contribution in [0.25, 0.3) is 68.6 Å². The van der Waals surface area contributed by atoms with Crippen LogP contribution in [0.2, 0.25) is 0 Å². The van der Waals surface area contributed by atoms with Gasteiger partial charge < -0.3 is 9.97 Å². The van der Waals surface area contributed by atoms with E-state index in [1.807, 2.05) is 12.1 Å².